The highest BCUT2D eigenvalue weighted by atomic mass is 16.5. The van der Waals surface area contributed by atoms with Crippen LogP contribution >= 0.6 is 0 Å². The standard InChI is InChI=1S/C12H24N2O/c1-4-14-8-6-5-7-11(14)12(3)13-9-10(2)15-12/h10-11,13H,4-9H2,1-3H3. The molecular weight excluding hydrogens is 188 g/mol. The van der Waals surface area contributed by atoms with Crippen LogP contribution in [0.1, 0.15) is 40.0 Å². The molecule has 2 saturated heterocycles. The fourth-order valence-corrected chi connectivity index (χ4v) is 3.04. The molecule has 0 bridgehead atoms. The summed E-state index contributed by atoms with van der Waals surface area (Å²) in [5.41, 5.74) is -0.115. The summed E-state index contributed by atoms with van der Waals surface area (Å²) in [6.07, 6.45) is 4.31. The van der Waals surface area contributed by atoms with Gasteiger partial charge in [0.05, 0.1) is 12.1 Å². The van der Waals surface area contributed by atoms with E-state index in [1.165, 1.54) is 25.8 Å². The minimum atomic E-state index is -0.115. The molecule has 2 heterocycles. The van der Waals surface area contributed by atoms with Crippen LogP contribution in [0.5, 0.6) is 0 Å². The summed E-state index contributed by atoms with van der Waals surface area (Å²) in [4.78, 5) is 2.56. The summed E-state index contributed by atoms with van der Waals surface area (Å²) in [5, 5.41) is 3.55. The summed E-state index contributed by atoms with van der Waals surface area (Å²) in [5.74, 6) is 0. The van der Waals surface area contributed by atoms with Crippen LogP contribution in [0.3, 0.4) is 0 Å². The van der Waals surface area contributed by atoms with E-state index in [-0.39, 0.29) is 5.72 Å². The number of nitrogens with one attached hydrogen (secondary N) is 1. The van der Waals surface area contributed by atoms with Gasteiger partial charge in [-0.25, -0.2) is 0 Å². The van der Waals surface area contributed by atoms with Crippen LogP contribution in [-0.4, -0.2) is 42.4 Å². The second-order valence-electron chi connectivity index (χ2n) is 5.06. The average molecular weight is 212 g/mol. The van der Waals surface area contributed by atoms with Crippen molar-refractivity contribution in [3.8, 4) is 0 Å². The Bertz CT molecular complexity index is 222. The maximum Gasteiger partial charge on any atom is 0.132 e. The van der Waals surface area contributed by atoms with Crippen molar-refractivity contribution in [2.75, 3.05) is 19.6 Å². The Morgan fingerprint density at radius 3 is 2.87 bits per heavy atom. The van der Waals surface area contributed by atoms with Gasteiger partial charge in [-0.05, 0) is 39.8 Å². The van der Waals surface area contributed by atoms with E-state index in [9.17, 15) is 0 Å². The fraction of sp³-hybridized carbons (Fsp3) is 1.00. The van der Waals surface area contributed by atoms with Crippen LogP contribution in [0.4, 0.5) is 0 Å². The Labute approximate surface area is 93.2 Å². The molecule has 3 heteroatoms. The maximum atomic E-state index is 6.07. The first-order valence-corrected chi connectivity index (χ1v) is 6.32. The summed E-state index contributed by atoms with van der Waals surface area (Å²) in [7, 11) is 0. The second-order valence-corrected chi connectivity index (χ2v) is 5.06. The molecule has 0 aromatic rings. The lowest BCUT2D eigenvalue weighted by Gasteiger charge is -2.44. The van der Waals surface area contributed by atoms with E-state index in [2.05, 4.69) is 31.0 Å². The van der Waals surface area contributed by atoms with E-state index in [0.717, 1.165) is 13.1 Å². The highest BCUT2D eigenvalue weighted by molar-refractivity contribution is 4.95. The predicted octanol–water partition coefficient (Wildman–Crippen LogP) is 1.59. The van der Waals surface area contributed by atoms with Gasteiger partial charge in [0, 0.05) is 6.54 Å². The van der Waals surface area contributed by atoms with Gasteiger partial charge in [0.25, 0.3) is 0 Å². The van der Waals surface area contributed by atoms with Crippen molar-refractivity contribution in [1.82, 2.24) is 10.2 Å². The van der Waals surface area contributed by atoms with Crippen molar-refractivity contribution in [3.63, 3.8) is 0 Å². The summed E-state index contributed by atoms with van der Waals surface area (Å²) in [6.45, 7) is 9.98. The van der Waals surface area contributed by atoms with E-state index < -0.39 is 0 Å². The van der Waals surface area contributed by atoms with Gasteiger partial charge >= 0.3 is 0 Å². The third-order valence-corrected chi connectivity index (χ3v) is 3.84. The molecule has 3 nitrogen and oxygen atoms in total. The molecule has 2 aliphatic heterocycles. The Balaban J connectivity index is 2.06. The molecule has 3 unspecified atom stereocenters. The van der Waals surface area contributed by atoms with Crippen LogP contribution in [0.15, 0.2) is 0 Å². The number of rotatable bonds is 2. The van der Waals surface area contributed by atoms with Gasteiger partial charge in [-0.3, -0.25) is 10.2 Å². The smallest absolute Gasteiger partial charge is 0.132 e. The highest BCUT2D eigenvalue weighted by Gasteiger charge is 2.43. The number of ether oxygens (including phenoxy) is 1. The summed E-state index contributed by atoms with van der Waals surface area (Å²) < 4.78 is 6.07. The van der Waals surface area contributed by atoms with E-state index in [4.69, 9.17) is 4.74 Å². The lowest BCUT2D eigenvalue weighted by molar-refractivity contribution is -0.0980. The molecule has 0 aliphatic carbocycles. The van der Waals surface area contributed by atoms with Crippen LogP contribution in [0, 0.1) is 0 Å². The predicted molar refractivity (Wildman–Crippen MR) is 61.8 cm³/mol. The molecule has 88 valence electrons. The molecule has 1 N–H and O–H groups in total. The van der Waals surface area contributed by atoms with Gasteiger partial charge in [-0.2, -0.15) is 0 Å². The molecule has 15 heavy (non-hydrogen) atoms. The Morgan fingerprint density at radius 1 is 1.47 bits per heavy atom. The van der Waals surface area contributed by atoms with Crippen molar-refractivity contribution in [2.24, 2.45) is 0 Å². The molecule has 2 aliphatic rings. The zero-order chi connectivity index (χ0) is 10.9. The minimum absolute atomic E-state index is 0.115. The van der Waals surface area contributed by atoms with Crippen molar-refractivity contribution < 1.29 is 4.74 Å². The topological polar surface area (TPSA) is 24.5 Å². The van der Waals surface area contributed by atoms with Crippen LogP contribution < -0.4 is 5.32 Å². The van der Waals surface area contributed by atoms with Gasteiger partial charge in [-0.1, -0.05) is 13.3 Å². The SMILES string of the molecule is CCN1CCCCC1C1(C)NCC(C)O1. The Morgan fingerprint density at radius 2 is 2.27 bits per heavy atom. The van der Waals surface area contributed by atoms with E-state index in [1.807, 2.05) is 0 Å². The molecule has 0 radical (unpaired) electrons. The zero-order valence-corrected chi connectivity index (χ0v) is 10.3. The number of hydrogen-bond acceptors (Lipinski definition) is 3. The number of likely N-dealkylation sites (N-methyl/N-ethyl adjacent to an activating group) is 1. The van der Waals surface area contributed by atoms with E-state index in [1.54, 1.807) is 0 Å². The first kappa shape index (κ1) is 11.4. The Kier molecular flexibility index (Phi) is 3.33. The first-order chi connectivity index (χ1) is 7.15. The van der Waals surface area contributed by atoms with Gasteiger partial charge in [0.2, 0.25) is 0 Å². The highest BCUT2D eigenvalue weighted by Crippen LogP contribution is 2.30. The number of likely N-dealkylation sites (tertiary alicyclic amines) is 1. The van der Waals surface area contributed by atoms with Gasteiger partial charge < -0.3 is 4.74 Å². The molecule has 0 aromatic heterocycles. The maximum absolute atomic E-state index is 6.07. The van der Waals surface area contributed by atoms with Crippen LogP contribution in [-0.2, 0) is 4.74 Å². The van der Waals surface area contributed by atoms with E-state index >= 15 is 0 Å². The lowest BCUT2D eigenvalue weighted by atomic mass is 9.94. The number of nitrogens with zero attached hydrogens (tertiary/aromatic N) is 1. The first-order valence-electron chi connectivity index (χ1n) is 6.32. The third-order valence-electron chi connectivity index (χ3n) is 3.84. The number of piperidine rings is 1. The van der Waals surface area contributed by atoms with Crippen molar-refractivity contribution >= 4 is 0 Å². The normalized spacial score (nSPS) is 43.4. The minimum Gasteiger partial charge on any atom is -0.355 e. The monoisotopic (exact) mass is 212 g/mol. The van der Waals surface area contributed by atoms with E-state index in [0.29, 0.717) is 12.1 Å². The van der Waals surface area contributed by atoms with Crippen molar-refractivity contribution in [1.29, 1.82) is 0 Å². The van der Waals surface area contributed by atoms with Gasteiger partial charge in [0.15, 0.2) is 0 Å². The van der Waals surface area contributed by atoms with Crippen molar-refractivity contribution in [2.45, 2.75) is 57.9 Å². The molecule has 0 saturated carbocycles. The largest absolute Gasteiger partial charge is 0.355 e. The quantitative estimate of drug-likeness (QED) is 0.752. The average Bonchev–Trinajstić information content (AvgIpc) is 2.60. The van der Waals surface area contributed by atoms with Gasteiger partial charge in [0.1, 0.15) is 5.72 Å². The second kappa shape index (κ2) is 4.40. The summed E-state index contributed by atoms with van der Waals surface area (Å²) in [6, 6.07) is 0.557. The zero-order valence-electron chi connectivity index (χ0n) is 10.3. The molecule has 0 amide bonds. The van der Waals surface area contributed by atoms with Crippen LogP contribution in [0.2, 0.25) is 0 Å². The summed E-state index contributed by atoms with van der Waals surface area (Å²) >= 11 is 0. The molecule has 2 fully saturated rings. The fourth-order valence-electron chi connectivity index (χ4n) is 3.04. The Hall–Kier alpha value is -0.120. The molecule has 0 aromatic carbocycles. The lowest BCUT2D eigenvalue weighted by Crippen LogP contribution is -2.58. The van der Waals surface area contributed by atoms with Crippen molar-refractivity contribution in [3.05, 3.63) is 0 Å². The molecule has 0 spiro atoms. The van der Waals surface area contributed by atoms with Gasteiger partial charge in [-0.15, -0.1) is 0 Å². The molecule has 3 atom stereocenters. The molecule has 2 rings (SSSR count). The van der Waals surface area contributed by atoms with Crippen LogP contribution in [0.25, 0.3) is 0 Å². The molecular formula is C12H24N2O. The third kappa shape index (κ3) is 2.19. The number of hydrogen-bond donors (Lipinski definition) is 1.